The second-order valence-electron chi connectivity index (χ2n) is 17.8. The maximum atomic E-state index is 10.5. The van der Waals surface area contributed by atoms with Crippen LogP contribution in [0.5, 0.6) is 0 Å². The minimum atomic E-state index is -0.644. The van der Waals surface area contributed by atoms with E-state index in [9.17, 15) is 9.60 Å². The molecule has 0 aliphatic carbocycles. The molecule has 16 rings (SSSR count). The lowest BCUT2D eigenvalue weighted by Crippen LogP contribution is -2.12. The van der Waals surface area contributed by atoms with Gasteiger partial charge in [-0.05, 0) is 84.2 Å². The molecule has 0 aliphatic heterocycles. The summed E-state index contributed by atoms with van der Waals surface area (Å²) in [5, 5.41) is 5.66. The molecule has 338 valence electrons. The van der Waals surface area contributed by atoms with Crippen molar-refractivity contribution in [1.82, 2.24) is 33.2 Å². The van der Waals surface area contributed by atoms with Gasteiger partial charge in [0.15, 0.2) is 11.5 Å². The molecule has 0 atom stereocenters. The highest BCUT2D eigenvalue weighted by molar-refractivity contribution is 6.25. The Balaban J connectivity index is 1.18. The van der Waals surface area contributed by atoms with Crippen LogP contribution in [0.2, 0.25) is 0 Å². The van der Waals surface area contributed by atoms with Crippen LogP contribution in [-0.4, -0.2) is 33.2 Å². The maximum Gasteiger partial charge on any atom is 0.240 e. The Morgan fingerprint density at radius 3 is 1.55 bits per heavy atom. The number of benzene rings is 10. The van der Waals surface area contributed by atoms with Crippen molar-refractivity contribution in [1.29, 1.82) is 0 Å². The molecule has 73 heavy (non-hydrogen) atoms. The number of nitrogens with zero attached hydrogens (tertiary/aromatic N) is 8. The van der Waals surface area contributed by atoms with Gasteiger partial charge in [0.2, 0.25) is 11.9 Å². The third-order valence-corrected chi connectivity index (χ3v) is 14.1. The van der Waals surface area contributed by atoms with Gasteiger partial charge in [-0.3, -0.25) is 9.13 Å². The molecular formula is C64H36N8O. The van der Waals surface area contributed by atoms with Gasteiger partial charge in [0.1, 0.15) is 11.2 Å². The summed E-state index contributed by atoms with van der Waals surface area (Å²) < 4.78 is 118. The van der Waals surface area contributed by atoms with Gasteiger partial charge in [0.25, 0.3) is 0 Å². The van der Waals surface area contributed by atoms with Gasteiger partial charge in [0, 0.05) is 43.1 Å². The number of hydrogen-bond acceptors (Lipinski definition) is 4. The molecule has 9 nitrogen and oxygen atoms in total. The SMILES string of the molecule is [2H]c1c([2H])c(-n2c3ccccc3c3cc([N+]#[C-])ccc32)c(-c2nc(-n3c4ccccc4c4ccccc43)nc(-n3c4c([2H])c([2H])c([2H])c([2H])c4c4c([2H])c([2H])c([2H])c([2H])c43)n2)c(-n2c3ccccc3c3ccc4oc5ccccc5c4c32)c1[2H]. The van der Waals surface area contributed by atoms with Gasteiger partial charge in [-0.25, -0.2) is 4.85 Å². The first kappa shape index (κ1) is 30.3. The molecule has 0 unspecified atom stereocenters. The topological polar surface area (TPSA) is 75.9 Å². The smallest absolute Gasteiger partial charge is 0.240 e. The minimum absolute atomic E-state index is 0.0422. The molecule has 9 heteroatoms. The summed E-state index contributed by atoms with van der Waals surface area (Å²) in [6, 6.07) is 41.2. The van der Waals surface area contributed by atoms with E-state index in [-0.39, 0.29) is 62.5 Å². The fourth-order valence-corrected chi connectivity index (χ4v) is 11.1. The Labute approximate surface area is 430 Å². The normalized spacial score (nSPS) is 14.2. The highest BCUT2D eigenvalue weighted by atomic mass is 16.3. The molecule has 0 bridgehead atoms. The Kier molecular flexibility index (Phi) is 6.17. The first-order valence-electron chi connectivity index (χ1n) is 28.9. The lowest BCUT2D eigenvalue weighted by atomic mass is 10.1. The van der Waals surface area contributed by atoms with Gasteiger partial charge >= 0.3 is 0 Å². The second kappa shape index (κ2) is 14.9. The van der Waals surface area contributed by atoms with E-state index in [0.29, 0.717) is 66.1 Å². The molecule has 6 aromatic heterocycles. The van der Waals surface area contributed by atoms with Gasteiger partial charge < -0.3 is 13.6 Å². The van der Waals surface area contributed by atoms with Gasteiger partial charge in [-0.1, -0.05) is 139 Å². The zero-order chi connectivity index (χ0) is 57.5. The van der Waals surface area contributed by atoms with Gasteiger partial charge in [-0.2, -0.15) is 15.0 Å². The van der Waals surface area contributed by atoms with Crippen molar-refractivity contribution in [2.75, 3.05) is 0 Å². The van der Waals surface area contributed by atoms with Crippen LogP contribution in [-0.2, 0) is 0 Å². The van der Waals surface area contributed by atoms with E-state index in [2.05, 4.69) is 4.85 Å². The molecule has 0 radical (unpaired) electrons. The zero-order valence-corrected chi connectivity index (χ0v) is 37.9. The van der Waals surface area contributed by atoms with Gasteiger partial charge in [0.05, 0.1) is 88.1 Å². The summed E-state index contributed by atoms with van der Waals surface area (Å²) in [5.41, 5.74) is 4.80. The summed E-state index contributed by atoms with van der Waals surface area (Å²) in [4.78, 5) is 19.9. The van der Waals surface area contributed by atoms with Crippen LogP contribution in [0.1, 0.15) is 15.1 Å². The largest absolute Gasteiger partial charge is 0.456 e. The Morgan fingerprint density at radius 1 is 0.397 bits per heavy atom. The summed E-state index contributed by atoms with van der Waals surface area (Å²) in [7, 11) is 0. The predicted molar refractivity (Wildman–Crippen MR) is 296 cm³/mol. The van der Waals surface area contributed by atoms with Crippen LogP contribution in [0.25, 0.3) is 149 Å². The maximum absolute atomic E-state index is 10.5. The summed E-state index contributed by atoms with van der Waals surface area (Å²) >= 11 is 0. The second-order valence-corrected chi connectivity index (χ2v) is 17.8. The third-order valence-electron chi connectivity index (χ3n) is 14.1. The van der Waals surface area contributed by atoms with Gasteiger partial charge in [-0.15, -0.1) is 0 Å². The summed E-state index contributed by atoms with van der Waals surface area (Å²) in [5.74, 6) is -0.589. The lowest BCUT2D eigenvalue weighted by Gasteiger charge is -2.20. The fourth-order valence-electron chi connectivity index (χ4n) is 11.1. The molecule has 10 aromatic carbocycles. The number of hydrogen-bond donors (Lipinski definition) is 0. The van der Waals surface area contributed by atoms with Crippen molar-refractivity contribution in [3.63, 3.8) is 0 Å². The van der Waals surface area contributed by atoms with Crippen LogP contribution in [0.4, 0.5) is 5.69 Å². The molecule has 16 aromatic rings. The Morgan fingerprint density at radius 2 is 0.904 bits per heavy atom. The van der Waals surface area contributed by atoms with E-state index in [1.807, 2.05) is 147 Å². The van der Waals surface area contributed by atoms with Crippen molar-refractivity contribution in [2.24, 2.45) is 0 Å². The average Bonchev–Trinajstić information content (AvgIpc) is 2.99. The van der Waals surface area contributed by atoms with E-state index < -0.39 is 60.4 Å². The Hall–Kier alpha value is -10.3. The van der Waals surface area contributed by atoms with Crippen LogP contribution >= 0.6 is 0 Å². The van der Waals surface area contributed by atoms with Crippen LogP contribution in [0.3, 0.4) is 0 Å². The lowest BCUT2D eigenvalue weighted by molar-refractivity contribution is 0.669. The van der Waals surface area contributed by atoms with Crippen molar-refractivity contribution in [2.45, 2.75) is 0 Å². The molecule has 0 saturated carbocycles. The monoisotopic (exact) mass is 943 g/mol. The molecule has 0 N–H and O–H groups in total. The average molecular weight is 944 g/mol. The van der Waals surface area contributed by atoms with E-state index in [1.165, 1.54) is 4.57 Å². The number of para-hydroxylation sites is 7. The van der Waals surface area contributed by atoms with Crippen LogP contribution in [0.15, 0.2) is 223 Å². The molecular weight excluding hydrogens is 897 g/mol. The van der Waals surface area contributed by atoms with Crippen molar-refractivity contribution >= 4 is 115 Å². The standard InChI is InChI=1S/C64H36N8O/c1-65-38-33-35-54-47(37-38)44-22-7-9-24-48(44)69(54)55-30-16-31-56(70-49-25-10-6-21-43(49)45-34-36-58-59(61(45)70)46-23-8-15-32-57(46)73-58)60(55)62-66-63(71-50-26-11-2-17-39(50)40-18-3-12-27-51(40)71)68-64(67-62)72-52-28-13-4-19-41(52)42-20-5-14-29-53(42)72/h2-37H/i2D,3D,11D,12D,16D,17D,18D,26D,27D,30D,31D. The van der Waals surface area contributed by atoms with E-state index in [1.54, 1.807) is 18.2 Å². The molecule has 0 amide bonds. The number of furan rings is 1. The number of aromatic nitrogens is 7. The zero-order valence-electron chi connectivity index (χ0n) is 48.9. The van der Waals surface area contributed by atoms with Crippen LogP contribution < -0.4 is 0 Å². The quantitative estimate of drug-likeness (QED) is 0.161. The number of fused-ring (bicyclic) bond motifs is 16. The molecule has 0 aliphatic rings. The van der Waals surface area contributed by atoms with Crippen molar-refractivity contribution < 1.29 is 19.5 Å². The molecule has 0 fully saturated rings. The molecule has 0 spiro atoms. The van der Waals surface area contributed by atoms with E-state index in [0.717, 1.165) is 26.9 Å². The van der Waals surface area contributed by atoms with Crippen molar-refractivity contribution in [3.05, 3.63) is 230 Å². The predicted octanol–water partition coefficient (Wildman–Crippen LogP) is 16.4. The highest BCUT2D eigenvalue weighted by Crippen LogP contribution is 2.46. The number of rotatable bonds is 5. The third kappa shape index (κ3) is 5.46. The fraction of sp³-hybridized carbons (Fsp3) is 0. The van der Waals surface area contributed by atoms with Crippen molar-refractivity contribution in [3.8, 4) is 34.7 Å². The van der Waals surface area contributed by atoms with E-state index >= 15 is 0 Å². The highest BCUT2D eigenvalue weighted by Gasteiger charge is 2.28. The van der Waals surface area contributed by atoms with E-state index in [4.69, 9.17) is 31.4 Å². The molecule has 0 saturated heterocycles. The van der Waals surface area contributed by atoms with Crippen LogP contribution in [0, 0.1) is 6.57 Å². The summed E-state index contributed by atoms with van der Waals surface area (Å²) in [6.45, 7) is 8.04. The summed E-state index contributed by atoms with van der Waals surface area (Å²) in [6.07, 6.45) is 0. The first-order valence-corrected chi connectivity index (χ1v) is 23.4. The Bertz CT molecular complexity index is 5620. The first-order chi connectivity index (χ1) is 40.8. The minimum Gasteiger partial charge on any atom is -0.456 e. The molecule has 6 heterocycles.